The standard InChI is InChI=1S/C24H22N4O3/c1-3-30-24(29)21-15(2)31-23(26)19(12-25)22(21)18-6-7-20-17(11-18)8-10-28(20)14-16-5-4-9-27-13-16/h4-11,13,22H,3,14,26H2,1-2H3. The summed E-state index contributed by atoms with van der Waals surface area (Å²) in [4.78, 5) is 16.9. The highest BCUT2D eigenvalue weighted by molar-refractivity contribution is 5.93. The van der Waals surface area contributed by atoms with Crippen LogP contribution in [0, 0.1) is 11.3 Å². The highest BCUT2D eigenvalue weighted by Crippen LogP contribution is 2.40. The first kappa shape index (κ1) is 20.2. The number of carbonyl (C=O) groups is 1. The molecule has 7 heteroatoms. The summed E-state index contributed by atoms with van der Waals surface area (Å²) in [7, 11) is 0. The molecule has 3 heterocycles. The summed E-state index contributed by atoms with van der Waals surface area (Å²) in [6.45, 7) is 4.30. The minimum absolute atomic E-state index is 0.00675. The Kier molecular flexibility index (Phi) is 5.46. The van der Waals surface area contributed by atoms with E-state index in [-0.39, 0.29) is 18.1 Å². The third-order valence-corrected chi connectivity index (χ3v) is 5.31. The Labute approximate surface area is 180 Å². The van der Waals surface area contributed by atoms with Crippen molar-refractivity contribution < 1.29 is 14.3 Å². The van der Waals surface area contributed by atoms with Gasteiger partial charge in [0.05, 0.1) is 18.1 Å². The quantitative estimate of drug-likeness (QED) is 0.638. The van der Waals surface area contributed by atoms with Gasteiger partial charge < -0.3 is 19.8 Å². The van der Waals surface area contributed by atoms with E-state index in [0.29, 0.717) is 17.9 Å². The van der Waals surface area contributed by atoms with Gasteiger partial charge in [0.15, 0.2) is 0 Å². The molecule has 0 spiro atoms. The number of carbonyl (C=O) groups excluding carboxylic acids is 1. The minimum atomic E-state index is -0.649. The molecule has 7 nitrogen and oxygen atoms in total. The average Bonchev–Trinajstić information content (AvgIpc) is 3.16. The van der Waals surface area contributed by atoms with Crippen LogP contribution in [0.4, 0.5) is 0 Å². The monoisotopic (exact) mass is 414 g/mol. The number of pyridine rings is 1. The van der Waals surface area contributed by atoms with Crippen molar-refractivity contribution in [2.24, 2.45) is 5.73 Å². The smallest absolute Gasteiger partial charge is 0.338 e. The Bertz CT molecular complexity index is 1250. The Hall–Kier alpha value is -4.05. The first-order valence-corrected chi connectivity index (χ1v) is 9.96. The predicted octanol–water partition coefficient (Wildman–Crippen LogP) is 3.73. The number of hydrogen-bond donors (Lipinski definition) is 1. The number of esters is 1. The molecule has 156 valence electrons. The van der Waals surface area contributed by atoms with Crippen molar-refractivity contribution in [3.63, 3.8) is 0 Å². The van der Waals surface area contributed by atoms with Crippen LogP contribution in [0.15, 0.2) is 77.8 Å². The number of allylic oxidation sites excluding steroid dienone is 2. The zero-order chi connectivity index (χ0) is 22.0. The van der Waals surface area contributed by atoms with Crippen LogP contribution in [-0.2, 0) is 20.8 Å². The summed E-state index contributed by atoms with van der Waals surface area (Å²) in [6, 6.07) is 13.9. The third kappa shape index (κ3) is 3.76. The van der Waals surface area contributed by atoms with Crippen LogP contribution in [-0.4, -0.2) is 22.1 Å². The molecule has 4 rings (SSSR count). The molecule has 31 heavy (non-hydrogen) atoms. The van der Waals surface area contributed by atoms with Crippen molar-refractivity contribution in [3.05, 3.63) is 88.9 Å². The molecule has 1 aliphatic rings. The maximum atomic E-state index is 12.7. The number of rotatable bonds is 5. The number of nitrogens with zero attached hydrogens (tertiary/aromatic N) is 3. The van der Waals surface area contributed by atoms with Gasteiger partial charge in [-0.05, 0) is 54.6 Å². The number of fused-ring (bicyclic) bond motifs is 1. The number of nitriles is 1. The van der Waals surface area contributed by atoms with E-state index in [2.05, 4.69) is 15.6 Å². The zero-order valence-corrected chi connectivity index (χ0v) is 17.3. The van der Waals surface area contributed by atoms with Crippen molar-refractivity contribution in [2.75, 3.05) is 6.61 Å². The first-order valence-electron chi connectivity index (χ1n) is 9.96. The second-order valence-electron chi connectivity index (χ2n) is 7.24. The first-order chi connectivity index (χ1) is 15.0. The molecule has 1 atom stereocenters. The van der Waals surface area contributed by atoms with Gasteiger partial charge in [-0.3, -0.25) is 4.98 Å². The number of nitrogens with two attached hydrogens (primary N) is 1. The van der Waals surface area contributed by atoms with Crippen LogP contribution in [0.5, 0.6) is 0 Å². The molecular weight excluding hydrogens is 392 g/mol. The van der Waals surface area contributed by atoms with E-state index in [4.69, 9.17) is 15.2 Å². The molecule has 1 aliphatic heterocycles. The Balaban J connectivity index is 1.77. The lowest BCUT2D eigenvalue weighted by atomic mass is 9.83. The Morgan fingerprint density at radius 2 is 2.19 bits per heavy atom. The van der Waals surface area contributed by atoms with E-state index in [1.54, 1.807) is 20.0 Å². The molecule has 1 aromatic carbocycles. The summed E-state index contributed by atoms with van der Waals surface area (Å²) in [5, 5.41) is 10.7. The molecule has 0 amide bonds. The molecular formula is C24H22N4O3. The van der Waals surface area contributed by atoms with E-state index >= 15 is 0 Å². The summed E-state index contributed by atoms with van der Waals surface area (Å²) in [5.74, 6) is -0.815. The molecule has 0 saturated heterocycles. The molecule has 0 fully saturated rings. The van der Waals surface area contributed by atoms with Crippen LogP contribution >= 0.6 is 0 Å². The summed E-state index contributed by atoms with van der Waals surface area (Å²) in [6.07, 6.45) is 5.60. The largest absolute Gasteiger partial charge is 0.463 e. The summed E-state index contributed by atoms with van der Waals surface area (Å²) >= 11 is 0. The topological polar surface area (TPSA) is 103 Å². The highest BCUT2D eigenvalue weighted by Gasteiger charge is 2.36. The molecule has 1 unspecified atom stereocenters. The Morgan fingerprint density at radius 3 is 2.90 bits per heavy atom. The van der Waals surface area contributed by atoms with Crippen molar-refractivity contribution >= 4 is 16.9 Å². The minimum Gasteiger partial charge on any atom is -0.463 e. The maximum Gasteiger partial charge on any atom is 0.338 e. The normalized spacial score (nSPS) is 16.2. The van der Waals surface area contributed by atoms with Gasteiger partial charge in [-0.15, -0.1) is 0 Å². The molecule has 0 saturated carbocycles. The Morgan fingerprint density at radius 1 is 1.35 bits per heavy atom. The van der Waals surface area contributed by atoms with Gasteiger partial charge in [-0.25, -0.2) is 4.79 Å². The van der Waals surface area contributed by atoms with Crippen molar-refractivity contribution in [3.8, 4) is 6.07 Å². The fourth-order valence-corrected chi connectivity index (χ4v) is 3.91. The van der Waals surface area contributed by atoms with Gasteiger partial charge in [0.2, 0.25) is 5.88 Å². The van der Waals surface area contributed by atoms with Crippen LogP contribution in [0.2, 0.25) is 0 Å². The molecule has 0 radical (unpaired) electrons. The van der Waals surface area contributed by atoms with Gasteiger partial charge in [0, 0.05) is 30.7 Å². The lowest BCUT2D eigenvalue weighted by Crippen LogP contribution is -2.25. The third-order valence-electron chi connectivity index (χ3n) is 5.31. The van der Waals surface area contributed by atoms with Crippen LogP contribution in [0.1, 0.15) is 30.9 Å². The van der Waals surface area contributed by atoms with Crippen LogP contribution in [0.25, 0.3) is 10.9 Å². The fourth-order valence-electron chi connectivity index (χ4n) is 3.91. The molecule has 0 aliphatic carbocycles. The average molecular weight is 414 g/mol. The number of ether oxygens (including phenoxy) is 2. The predicted molar refractivity (Wildman–Crippen MR) is 115 cm³/mol. The zero-order valence-electron chi connectivity index (χ0n) is 17.3. The summed E-state index contributed by atoms with van der Waals surface area (Å²) < 4.78 is 12.8. The second kappa shape index (κ2) is 8.36. The van der Waals surface area contributed by atoms with Crippen molar-refractivity contribution in [1.82, 2.24) is 9.55 Å². The molecule has 2 N–H and O–H groups in total. The van der Waals surface area contributed by atoms with E-state index in [0.717, 1.165) is 22.0 Å². The van der Waals surface area contributed by atoms with Gasteiger partial charge in [-0.2, -0.15) is 5.26 Å². The maximum absolute atomic E-state index is 12.7. The van der Waals surface area contributed by atoms with E-state index in [1.807, 2.05) is 48.8 Å². The van der Waals surface area contributed by atoms with Crippen molar-refractivity contribution in [2.45, 2.75) is 26.3 Å². The lowest BCUT2D eigenvalue weighted by molar-refractivity contribution is -0.139. The van der Waals surface area contributed by atoms with Gasteiger partial charge in [-0.1, -0.05) is 12.1 Å². The number of benzene rings is 1. The highest BCUT2D eigenvalue weighted by atomic mass is 16.5. The van der Waals surface area contributed by atoms with Gasteiger partial charge in [0.25, 0.3) is 0 Å². The SMILES string of the molecule is CCOC(=O)C1=C(C)OC(N)=C(C#N)C1c1ccc2c(ccn2Cc2cccnc2)c1. The van der Waals surface area contributed by atoms with Crippen LogP contribution < -0.4 is 5.73 Å². The van der Waals surface area contributed by atoms with E-state index in [1.165, 1.54) is 0 Å². The molecule has 0 bridgehead atoms. The lowest BCUT2D eigenvalue weighted by Gasteiger charge is -2.27. The number of hydrogen-bond acceptors (Lipinski definition) is 6. The molecule has 3 aromatic rings. The van der Waals surface area contributed by atoms with E-state index < -0.39 is 11.9 Å². The second-order valence-corrected chi connectivity index (χ2v) is 7.24. The van der Waals surface area contributed by atoms with Crippen LogP contribution in [0.3, 0.4) is 0 Å². The van der Waals surface area contributed by atoms with Gasteiger partial charge >= 0.3 is 5.97 Å². The summed E-state index contributed by atoms with van der Waals surface area (Å²) in [5.41, 5.74) is 9.38. The number of aromatic nitrogens is 2. The fraction of sp³-hybridized carbons (Fsp3) is 0.208. The van der Waals surface area contributed by atoms with Crippen molar-refractivity contribution in [1.29, 1.82) is 5.26 Å². The van der Waals surface area contributed by atoms with Gasteiger partial charge in [0.1, 0.15) is 17.4 Å². The van der Waals surface area contributed by atoms with E-state index in [9.17, 15) is 10.1 Å². The molecule has 2 aromatic heterocycles.